The molecule has 3 N–H and O–H groups in total. The number of halogens is 3. The third kappa shape index (κ3) is 3.91. The van der Waals surface area contributed by atoms with Gasteiger partial charge in [0, 0.05) is 17.4 Å². The smallest absolute Gasteiger partial charge is 0.368 e. The highest BCUT2D eigenvalue weighted by atomic mass is 32.2. The van der Waals surface area contributed by atoms with E-state index in [0.29, 0.717) is 5.25 Å². The molecule has 0 saturated heterocycles. The van der Waals surface area contributed by atoms with Gasteiger partial charge in [-0.05, 0) is 25.5 Å². The van der Waals surface area contributed by atoms with Crippen LogP contribution in [0.15, 0.2) is 6.07 Å². The Morgan fingerprint density at radius 3 is 2.75 bits per heavy atom. The first kappa shape index (κ1) is 15.2. The summed E-state index contributed by atoms with van der Waals surface area (Å²) in [6.07, 6.45) is 1.61. The van der Waals surface area contributed by atoms with Gasteiger partial charge in [-0.15, -0.1) is 0 Å². The summed E-state index contributed by atoms with van der Waals surface area (Å²) < 4.78 is 38.0. The van der Waals surface area contributed by atoms with Crippen LogP contribution in [0.3, 0.4) is 0 Å². The molecule has 0 amide bonds. The minimum Gasteiger partial charge on any atom is -0.368 e. The van der Waals surface area contributed by atoms with Crippen molar-refractivity contribution < 1.29 is 13.2 Å². The Morgan fingerprint density at radius 2 is 2.10 bits per heavy atom. The molecule has 0 radical (unpaired) electrons. The zero-order valence-corrected chi connectivity index (χ0v) is 11.9. The number of rotatable bonds is 3. The Balaban J connectivity index is 2.11. The molecule has 0 spiro atoms. The predicted molar refractivity (Wildman–Crippen MR) is 74.6 cm³/mol. The van der Waals surface area contributed by atoms with E-state index < -0.39 is 11.9 Å². The quantitative estimate of drug-likeness (QED) is 0.898. The van der Waals surface area contributed by atoms with Gasteiger partial charge in [0.15, 0.2) is 5.69 Å². The SMILES string of the molecule is CSC1CCCC(Nc2cc(C(F)(F)F)nc(N)n2)C1. The summed E-state index contributed by atoms with van der Waals surface area (Å²) in [6, 6.07) is 1.05. The van der Waals surface area contributed by atoms with Gasteiger partial charge in [0.25, 0.3) is 0 Å². The van der Waals surface area contributed by atoms with Crippen molar-refractivity contribution in [2.75, 3.05) is 17.3 Å². The number of alkyl halides is 3. The van der Waals surface area contributed by atoms with Crippen molar-refractivity contribution in [1.29, 1.82) is 0 Å². The highest BCUT2D eigenvalue weighted by Crippen LogP contribution is 2.31. The molecular weight excluding hydrogens is 289 g/mol. The summed E-state index contributed by atoms with van der Waals surface area (Å²) >= 11 is 1.79. The third-order valence-corrected chi connectivity index (χ3v) is 4.44. The average molecular weight is 306 g/mol. The van der Waals surface area contributed by atoms with Crippen LogP contribution >= 0.6 is 11.8 Å². The van der Waals surface area contributed by atoms with Crippen molar-refractivity contribution in [2.24, 2.45) is 0 Å². The molecule has 2 atom stereocenters. The number of nitrogens with zero attached hydrogens (tertiary/aromatic N) is 2. The zero-order chi connectivity index (χ0) is 14.8. The van der Waals surface area contributed by atoms with E-state index in [1.54, 1.807) is 11.8 Å². The van der Waals surface area contributed by atoms with Gasteiger partial charge in [0.1, 0.15) is 5.82 Å². The Bertz CT molecular complexity index is 467. The van der Waals surface area contributed by atoms with E-state index in [4.69, 9.17) is 5.73 Å². The molecule has 2 unspecified atom stereocenters. The zero-order valence-electron chi connectivity index (χ0n) is 11.1. The number of thioether (sulfide) groups is 1. The lowest BCUT2D eigenvalue weighted by Crippen LogP contribution is -2.29. The molecule has 1 aliphatic rings. The van der Waals surface area contributed by atoms with Gasteiger partial charge in [0.2, 0.25) is 5.95 Å². The minimum absolute atomic E-state index is 0.136. The van der Waals surface area contributed by atoms with E-state index in [0.717, 1.165) is 31.7 Å². The van der Waals surface area contributed by atoms with Crippen LogP contribution in [0.5, 0.6) is 0 Å². The molecule has 4 nitrogen and oxygen atoms in total. The molecule has 1 heterocycles. The summed E-state index contributed by atoms with van der Waals surface area (Å²) in [5.41, 5.74) is 4.34. The van der Waals surface area contributed by atoms with Gasteiger partial charge in [-0.1, -0.05) is 6.42 Å². The van der Waals surface area contributed by atoms with Crippen LogP contribution in [0.4, 0.5) is 24.9 Å². The molecule has 0 aliphatic heterocycles. The number of anilines is 2. The van der Waals surface area contributed by atoms with E-state index in [1.807, 2.05) is 0 Å². The minimum atomic E-state index is -4.51. The van der Waals surface area contributed by atoms with E-state index in [-0.39, 0.29) is 17.8 Å². The first-order valence-corrected chi connectivity index (χ1v) is 7.68. The van der Waals surface area contributed by atoms with Gasteiger partial charge < -0.3 is 11.1 Å². The van der Waals surface area contributed by atoms with Crippen LogP contribution < -0.4 is 11.1 Å². The van der Waals surface area contributed by atoms with E-state index in [2.05, 4.69) is 21.5 Å². The molecular formula is C12H17F3N4S. The molecule has 2 rings (SSSR count). The van der Waals surface area contributed by atoms with Crippen LogP contribution in [-0.4, -0.2) is 27.5 Å². The van der Waals surface area contributed by atoms with Crippen molar-refractivity contribution in [1.82, 2.24) is 9.97 Å². The molecule has 20 heavy (non-hydrogen) atoms. The molecule has 1 aliphatic carbocycles. The lowest BCUT2D eigenvalue weighted by Gasteiger charge is -2.29. The third-order valence-electron chi connectivity index (χ3n) is 3.35. The van der Waals surface area contributed by atoms with Crippen molar-refractivity contribution in [3.05, 3.63) is 11.8 Å². The second-order valence-electron chi connectivity index (χ2n) is 4.86. The summed E-state index contributed by atoms with van der Waals surface area (Å²) in [7, 11) is 0. The van der Waals surface area contributed by atoms with Gasteiger partial charge >= 0.3 is 6.18 Å². The molecule has 8 heteroatoms. The number of nitrogens with one attached hydrogen (secondary N) is 1. The number of hydrogen-bond donors (Lipinski definition) is 2. The summed E-state index contributed by atoms with van der Waals surface area (Å²) in [5.74, 6) is -0.212. The van der Waals surface area contributed by atoms with Crippen LogP contribution in [0.25, 0.3) is 0 Å². The summed E-state index contributed by atoms with van der Waals surface area (Å²) in [6.45, 7) is 0. The lowest BCUT2D eigenvalue weighted by molar-refractivity contribution is -0.141. The Kier molecular flexibility index (Phi) is 4.62. The van der Waals surface area contributed by atoms with Gasteiger partial charge in [-0.2, -0.15) is 29.9 Å². The van der Waals surface area contributed by atoms with E-state index in [9.17, 15) is 13.2 Å². The number of nitrogens with two attached hydrogens (primary N) is 1. The molecule has 1 aromatic heterocycles. The molecule has 1 fully saturated rings. The summed E-state index contributed by atoms with van der Waals surface area (Å²) in [4.78, 5) is 7.07. The average Bonchev–Trinajstić information content (AvgIpc) is 2.37. The van der Waals surface area contributed by atoms with Crippen LogP contribution in [0.2, 0.25) is 0 Å². The predicted octanol–water partition coefficient (Wildman–Crippen LogP) is 3.16. The number of nitrogen functional groups attached to an aromatic ring is 1. The molecule has 0 bridgehead atoms. The lowest BCUT2D eigenvalue weighted by atomic mass is 9.95. The van der Waals surface area contributed by atoms with Crippen molar-refractivity contribution in [3.63, 3.8) is 0 Å². The Hall–Kier alpha value is -1.18. The first-order chi connectivity index (χ1) is 9.38. The summed E-state index contributed by atoms with van der Waals surface area (Å²) in [5, 5.41) is 3.60. The molecule has 1 saturated carbocycles. The maximum atomic E-state index is 12.7. The van der Waals surface area contributed by atoms with Crippen molar-refractivity contribution >= 4 is 23.5 Å². The number of aromatic nitrogens is 2. The molecule has 0 aromatic carbocycles. The van der Waals surface area contributed by atoms with E-state index >= 15 is 0 Å². The first-order valence-electron chi connectivity index (χ1n) is 6.39. The van der Waals surface area contributed by atoms with Gasteiger partial charge in [-0.25, -0.2) is 4.98 Å². The van der Waals surface area contributed by atoms with Crippen LogP contribution in [0.1, 0.15) is 31.4 Å². The molecule has 1 aromatic rings. The van der Waals surface area contributed by atoms with Crippen LogP contribution in [0, 0.1) is 0 Å². The van der Waals surface area contributed by atoms with Crippen molar-refractivity contribution in [3.8, 4) is 0 Å². The van der Waals surface area contributed by atoms with Crippen molar-refractivity contribution in [2.45, 2.75) is 43.2 Å². The Morgan fingerprint density at radius 1 is 1.35 bits per heavy atom. The fourth-order valence-electron chi connectivity index (χ4n) is 2.38. The second kappa shape index (κ2) is 6.07. The Labute approximate surface area is 119 Å². The monoisotopic (exact) mass is 306 g/mol. The highest BCUT2D eigenvalue weighted by Gasteiger charge is 2.34. The fourth-order valence-corrected chi connectivity index (χ4v) is 3.21. The maximum absolute atomic E-state index is 12.7. The highest BCUT2D eigenvalue weighted by molar-refractivity contribution is 7.99. The normalized spacial score (nSPS) is 23.6. The fraction of sp³-hybridized carbons (Fsp3) is 0.667. The van der Waals surface area contributed by atoms with Gasteiger partial charge in [0.05, 0.1) is 0 Å². The topological polar surface area (TPSA) is 63.8 Å². The van der Waals surface area contributed by atoms with Crippen LogP contribution in [-0.2, 0) is 6.18 Å². The maximum Gasteiger partial charge on any atom is 0.433 e. The largest absolute Gasteiger partial charge is 0.433 e. The molecule has 112 valence electrons. The standard InChI is InChI=1S/C12H17F3N4S/c1-20-8-4-2-3-7(5-8)17-10-6-9(12(13,14)15)18-11(16)19-10/h6-8H,2-5H2,1H3,(H3,16,17,18,19). The number of hydrogen-bond acceptors (Lipinski definition) is 5. The van der Waals surface area contributed by atoms with Gasteiger partial charge in [-0.3, -0.25) is 0 Å². The second-order valence-corrected chi connectivity index (χ2v) is 6.00. The van der Waals surface area contributed by atoms with E-state index in [1.165, 1.54) is 0 Å².